The van der Waals surface area contributed by atoms with Gasteiger partial charge in [0, 0.05) is 26.1 Å². The maximum atomic E-state index is 12.4. The lowest BCUT2D eigenvalue weighted by molar-refractivity contribution is -0.131. The summed E-state index contributed by atoms with van der Waals surface area (Å²) >= 11 is 0. The van der Waals surface area contributed by atoms with E-state index in [0.717, 1.165) is 45.6 Å². The molecule has 1 aliphatic heterocycles. The summed E-state index contributed by atoms with van der Waals surface area (Å²) in [5.41, 5.74) is 1.40. The highest BCUT2D eigenvalue weighted by Crippen LogP contribution is 2.08. The molecule has 1 fully saturated rings. The van der Waals surface area contributed by atoms with Gasteiger partial charge < -0.3 is 9.80 Å². The number of carbonyl (C=O) groups is 1. The van der Waals surface area contributed by atoms with Gasteiger partial charge in [0.2, 0.25) is 5.91 Å². The van der Waals surface area contributed by atoms with Gasteiger partial charge in [-0.05, 0) is 37.9 Å². The zero-order valence-electron chi connectivity index (χ0n) is 14.8. The van der Waals surface area contributed by atoms with Gasteiger partial charge >= 0.3 is 0 Å². The summed E-state index contributed by atoms with van der Waals surface area (Å²) in [7, 11) is 0. The van der Waals surface area contributed by atoms with Crippen molar-refractivity contribution < 1.29 is 4.79 Å². The van der Waals surface area contributed by atoms with Gasteiger partial charge in [-0.3, -0.25) is 9.48 Å². The van der Waals surface area contributed by atoms with E-state index in [2.05, 4.69) is 45.3 Å². The predicted octanol–water partition coefficient (Wildman–Crippen LogP) is 1.84. The third-order valence-corrected chi connectivity index (χ3v) is 4.75. The molecule has 1 amide bonds. The Labute approximate surface area is 149 Å². The number of hydrogen-bond acceptors (Lipinski definition) is 4. The number of benzene rings is 1. The second kappa shape index (κ2) is 9.32. The first-order chi connectivity index (χ1) is 12.3. The Morgan fingerprint density at radius 3 is 2.72 bits per heavy atom. The van der Waals surface area contributed by atoms with Crippen LogP contribution in [-0.2, 0) is 17.8 Å². The number of aromatic nitrogens is 3. The summed E-state index contributed by atoms with van der Waals surface area (Å²) in [5.74, 6) is 0.224. The van der Waals surface area contributed by atoms with Crippen LogP contribution in [-0.4, -0.2) is 63.2 Å². The van der Waals surface area contributed by atoms with E-state index >= 15 is 0 Å². The van der Waals surface area contributed by atoms with E-state index in [4.69, 9.17) is 0 Å². The zero-order valence-corrected chi connectivity index (χ0v) is 14.8. The monoisotopic (exact) mass is 341 g/mol. The van der Waals surface area contributed by atoms with Gasteiger partial charge in [-0.2, -0.15) is 5.10 Å². The molecule has 25 heavy (non-hydrogen) atoms. The second-order valence-corrected chi connectivity index (χ2v) is 6.57. The lowest BCUT2D eigenvalue weighted by atomic mass is 10.1. The molecule has 1 saturated heterocycles. The van der Waals surface area contributed by atoms with Crippen LogP contribution in [0.25, 0.3) is 0 Å². The first-order valence-electron chi connectivity index (χ1n) is 9.18. The Morgan fingerprint density at radius 2 is 1.92 bits per heavy atom. The third kappa shape index (κ3) is 5.67. The van der Waals surface area contributed by atoms with Crippen LogP contribution in [0.15, 0.2) is 43.0 Å². The maximum absolute atomic E-state index is 12.4. The zero-order chi connectivity index (χ0) is 17.3. The van der Waals surface area contributed by atoms with Gasteiger partial charge in [-0.1, -0.05) is 30.3 Å². The van der Waals surface area contributed by atoms with E-state index in [0.29, 0.717) is 13.0 Å². The average molecular weight is 341 g/mol. The maximum Gasteiger partial charge on any atom is 0.224 e. The molecular formula is C19H27N5O. The Bertz CT molecular complexity index is 629. The van der Waals surface area contributed by atoms with Gasteiger partial charge in [0.25, 0.3) is 0 Å². The molecule has 134 valence electrons. The summed E-state index contributed by atoms with van der Waals surface area (Å²) in [6, 6.07) is 10.6. The van der Waals surface area contributed by atoms with Crippen LogP contribution >= 0.6 is 0 Å². The number of carbonyl (C=O) groups excluding carboxylic acids is 1. The van der Waals surface area contributed by atoms with Gasteiger partial charge in [0.05, 0.1) is 6.54 Å². The molecule has 0 saturated carbocycles. The van der Waals surface area contributed by atoms with Crippen molar-refractivity contribution >= 4 is 5.91 Å². The van der Waals surface area contributed by atoms with Crippen LogP contribution in [0.2, 0.25) is 0 Å². The van der Waals surface area contributed by atoms with E-state index in [9.17, 15) is 4.79 Å². The number of amides is 1. The van der Waals surface area contributed by atoms with Crippen molar-refractivity contribution in [3.63, 3.8) is 0 Å². The fourth-order valence-electron chi connectivity index (χ4n) is 3.31. The fraction of sp³-hybridized carbons (Fsp3) is 0.526. The van der Waals surface area contributed by atoms with Crippen molar-refractivity contribution in [3.8, 4) is 0 Å². The van der Waals surface area contributed by atoms with Gasteiger partial charge in [-0.15, -0.1) is 0 Å². The molecule has 6 heteroatoms. The smallest absolute Gasteiger partial charge is 0.224 e. The number of hydrogen-bond donors (Lipinski definition) is 0. The average Bonchev–Trinajstić information content (AvgIpc) is 3.05. The number of nitrogens with zero attached hydrogens (tertiary/aromatic N) is 5. The molecule has 2 aromatic rings. The molecule has 3 rings (SSSR count). The fourth-order valence-corrected chi connectivity index (χ4v) is 3.31. The summed E-state index contributed by atoms with van der Waals surface area (Å²) < 4.78 is 1.71. The normalized spacial score (nSPS) is 15.9. The molecule has 1 aliphatic rings. The van der Waals surface area contributed by atoms with Crippen LogP contribution in [0.5, 0.6) is 0 Å². The predicted molar refractivity (Wildman–Crippen MR) is 97.0 cm³/mol. The lowest BCUT2D eigenvalue weighted by Crippen LogP contribution is -2.35. The Balaban J connectivity index is 1.37. The molecule has 2 heterocycles. The van der Waals surface area contributed by atoms with Crippen molar-refractivity contribution in [2.45, 2.75) is 32.2 Å². The SMILES string of the molecule is O=C(CCn1cncn1)N1CCCN(CCCc2ccccc2)CC1. The molecule has 0 unspecified atom stereocenters. The van der Waals surface area contributed by atoms with Crippen LogP contribution < -0.4 is 0 Å². The molecule has 0 radical (unpaired) electrons. The summed E-state index contributed by atoms with van der Waals surface area (Å²) in [5, 5.41) is 4.05. The van der Waals surface area contributed by atoms with Gasteiger partial charge in [0.1, 0.15) is 12.7 Å². The highest BCUT2D eigenvalue weighted by Gasteiger charge is 2.18. The molecule has 0 N–H and O–H groups in total. The van der Waals surface area contributed by atoms with E-state index in [-0.39, 0.29) is 5.91 Å². The van der Waals surface area contributed by atoms with Crippen molar-refractivity contribution in [2.75, 3.05) is 32.7 Å². The Hall–Kier alpha value is -2.21. The van der Waals surface area contributed by atoms with E-state index < -0.39 is 0 Å². The Morgan fingerprint density at radius 1 is 1.04 bits per heavy atom. The first kappa shape index (κ1) is 17.6. The minimum Gasteiger partial charge on any atom is -0.341 e. The molecule has 1 aromatic carbocycles. The summed E-state index contributed by atoms with van der Waals surface area (Å²) in [6.07, 6.45) is 7.01. The van der Waals surface area contributed by atoms with E-state index in [1.54, 1.807) is 11.0 Å². The molecule has 0 spiro atoms. The van der Waals surface area contributed by atoms with Crippen molar-refractivity contribution in [1.82, 2.24) is 24.6 Å². The topological polar surface area (TPSA) is 54.3 Å². The molecule has 0 aliphatic carbocycles. The highest BCUT2D eigenvalue weighted by atomic mass is 16.2. The van der Waals surface area contributed by atoms with Crippen molar-refractivity contribution in [3.05, 3.63) is 48.5 Å². The minimum absolute atomic E-state index is 0.224. The van der Waals surface area contributed by atoms with Crippen molar-refractivity contribution in [2.24, 2.45) is 0 Å². The molecule has 6 nitrogen and oxygen atoms in total. The largest absolute Gasteiger partial charge is 0.341 e. The summed E-state index contributed by atoms with van der Waals surface area (Å²) in [4.78, 5) is 20.8. The van der Waals surface area contributed by atoms with E-state index in [1.807, 2.05) is 4.90 Å². The van der Waals surface area contributed by atoms with Crippen LogP contribution in [0.1, 0.15) is 24.8 Å². The molecular weight excluding hydrogens is 314 g/mol. The van der Waals surface area contributed by atoms with Gasteiger partial charge in [0.15, 0.2) is 0 Å². The quantitative estimate of drug-likeness (QED) is 0.771. The van der Waals surface area contributed by atoms with Crippen LogP contribution in [0.3, 0.4) is 0 Å². The van der Waals surface area contributed by atoms with Crippen LogP contribution in [0.4, 0.5) is 0 Å². The molecule has 0 bridgehead atoms. The van der Waals surface area contributed by atoms with E-state index in [1.165, 1.54) is 18.3 Å². The lowest BCUT2D eigenvalue weighted by Gasteiger charge is -2.22. The first-order valence-corrected chi connectivity index (χ1v) is 9.18. The van der Waals surface area contributed by atoms with Gasteiger partial charge in [-0.25, -0.2) is 4.98 Å². The van der Waals surface area contributed by atoms with Crippen LogP contribution in [0, 0.1) is 0 Å². The minimum atomic E-state index is 0.224. The Kier molecular flexibility index (Phi) is 6.56. The van der Waals surface area contributed by atoms with Crippen molar-refractivity contribution in [1.29, 1.82) is 0 Å². The molecule has 0 atom stereocenters. The highest BCUT2D eigenvalue weighted by molar-refractivity contribution is 5.76. The number of rotatable bonds is 7. The number of aryl methyl sites for hydroxylation is 2. The third-order valence-electron chi connectivity index (χ3n) is 4.75. The standard InChI is InChI=1S/C19H27N5O/c25-19(9-13-24-17-20-16-21-24)23-12-5-11-22(14-15-23)10-4-8-18-6-2-1-3-7-18/h1-3,6-7,16-17H,4-5,8-15H2. The molecule has 1 aromatic heterocycles. The summed E-state index contributed by atoms with van der Waals surface area (Å²) in [6.45, 7) is 5.48. The second-order valence-electron chi connectivity index (χ2n) is 6.57.